The Hall–Kier alpha value is -1.13. The number of benzene rings is 1. The van der Waals surface area contributed by atoms with E-state index < -0.39 is 10.0 Å². The van der Waals surface area contributed by atoms with Gasteiger partial charge in [0.05, 0.1) is 0 Å². The quantitative estimate of drug-likeness (QED) is 0.761. The van der Waals surface area contributed by atoms with Gasteiger partial charge >= 0.3 is 0 Å². The summed E-state index contributed by atoms with van der Waals surface area (Å²) in [6.45, 7) is 5.03. The molecule has 0 atom stereocenters. The van der Waals surface area contributed by atoms with Crippen LogP contribution in [0.2, 0.25) is 0 Å². The number of nitrogens with zero attached hydrogens (tertiary/aromatic N) is 1. The van der Waals surface area contributed by atoms with Gasteiger partial charge in [0.2, 0.25) is 10.0 Å². The summed E-state index contributed by atoms with van der Waals surface area (Å²) in [7, 11) is -3.29. The first kappa shape index (κ1) is 14.9. The van der Waals surface area contributed by atoms with Crippen molar-refractivity contribution in [2.45, 2.75) is 26.7 Å². The molecule has 4 heteroatoms. The summed E-state index contributed by atoms with van der Waals surface area (Å²) in [5.74, 6) is 0. The number of unbranched alkanes of at least 4 members (excludes halogenated alkanes) is 1. The molecule has 100 valence electrons. The zero-order valence-corrected chi connectivity index (χ0v) is 11.9. The second-order valence-electron chi connectivity index (χ2n) is 4.10. The summed E-state index contributed by atoms with van der Waals surface area (Å²) in [5, 5.41) is 1.29. The maximum Gasteiger partial charge on any atom is 0.236 e. The monoisotopic (exact) mass is 267 g/mol. The maximum atomic E-state index is 12.1. The summed E-state index contributed by atoms with van der Waals surface area (Å²) >= 11 is 0. The standard InChI is InChI=1S/C14H21NO2S/c1-3-5-12-15(4-2)18(16,17)13-11-14-9-7-6-8-10-14/h6-11,13H,3-5,12H2,1-2H3/b13-11+. The fourth-order valence-electron chi connectivity index (χ4n) is 1.61. The fraction of sp³-hybridized carbons (Fsp3) is 0.429. The Labute approximate surface area is 110 Å². The first-order chi connectivity index (χ1) is 8.60. The van der Waals surface area contributed by atoms with Crippen LogP contribution in [0.4, 0.5) is 0 Å². The lowest BCUT2D eigenvalue weighted by Gasteiger charge is -2.17. The Morgan fingerprint density at radius 2 is 1.83 bits per heavy atom. The van der Waals surface area contributed by atoms with Crippen molar-refractivity contribution in [3.63, 3.8) is 0 Å². The van der Waals surface area contributed by atoms with Gasteiger partial charge < -0.3 is 0 Å². The third-order valence-electron chi connectivity index (χ3n) is 2.71. The van der Waals surface area contributed by atoms with Crippen LogP contribution in [0.3, 0.4) is 0 Å². The van der Waals surface area contributed by atoms with Crippen LogP contribution in [-0.2, 0) is 10.0 Å². The molecule has 0 unspecified atom stereocenters. The van der Waals surface area contributed by atoms with Crippen LogP contribution in [0.25, 0.3) is 6.08 Å². The minimum atomic E-state index is -3.29. The highest BCUT2D eigenvalue weighted by Gasteiger charge is 2.15. The Morgan fingerprint density at radius 1 is 1.17 bits per heavy atom. The molecule has 3 nitrogen and oxygen atoms in total. The molecule has 0 radical (unpaired) electrons. The Kier molecular flexibility index (Phi) is 6.09. The summed E-state index contributed by atoms with van der Waals surface area (Å²) < 4.78 is 25.7. The Balaban J connectivity index is 2.77. The van der Waals surface area contributed by atoms with E-state index in [-0.39, 0.29) is 0 Å². The second kappa shape index (κ2) is 7.34. The zero-order chi connectivity index (χ0) is 13.4. The van der Waals surface area contributed by atoms with Crippen LogP contribution >= 0.6 is 0 Å². The third-order valence-corrected chi connectivity index (χ3v) is 4.35. The molecule has 1 rings (SSSR count). The fourth-order valence-corrected chi connectivity index (χ4v) is 2.86. The minimum absolute atomic E-state index is 0.515. The van der Waals surface area contributed by atoms with E-state index >= 15 is 0 Å². The number of hydrogen-bond donors (Lipinski definition) is 0. The van der Waals surface area contributed by atoms with E-state index in [2.05, 4.69) is 6.92 Å². The molecule has 1 aromatic carbocycles. The van der Waals surface area contributed by atoms with Gasteiger partial charge in [-0.1, -0.05) is 50.6 Å². The summed E-state index contributed by atoms with van der Waals surface area (Å²) in [4.78, 5) is 0. The SMILES string of the molecule is CCCCN(CC)S(=O)(=O)/C=C/c1ccccc1. The van der Waals surface area contributed by atoms with Gasteiger partial charge in [0.1, 0.15) is 0 Å². The smallest absolute Gasteiger partial charge is 0.208 e. The van der Waals surface area contributed by atoms with Crippen LogP contribution in [0.5, 0.6) is 0 Å². The van der Waals surface area contributed by atoms with Gasteiger partial charge in [0.25, 0.3) is 0 Å². The van der Waals surface area contributed by atoms with Crippen molar-refractivity contribution in [3.05, 3.63) is 41.3 Å². The van der Waals surface area contributed by atoms with Crippen molar-refractivity contribution in [1.29, 1.82) is 0 Å². The Bertz CT molecular complexity index is 466. The molecule has 0 saturated heterocycles. The molecule has 0 aliphatic carbocycles. The highest BCUT2D eigenvalue weighted by Crippen LogP contribution is 2.09. The van der Waals surface area contributed by atoms with E-state index in [0.29, 0.717) is 13.1 Å². The molecule has 18 heavy (non-hydrogen) atoms. The van der Waals surface area contributed by atoms with Gasteiger partial charge in [-0.25, -0.2) is 8.42 Å². The third kappa shape index (κ3) is 4.63. The van der Waals surface area contributed by atoms with Crippen molar-refractivity contribution in [2.75, 3.05) is 13.1 Å². The molecule has 0 bridgehead atoms. The average molecular weight is 267 g/mol. The van der Waals surface area contributed by atoms with Crippen LogP contribution < -0.4 is 0 Å². The number of hydrogen-bond acceptors (Lipinski definition) is 2. The second-order valence-corrected chi connectivity index (χ2v) is 5.92. The van der Waals surface area contributed by atoms with Crippen LogP contribution in [0.15, 0.2) is 35.7 Å². The molecule has 0 saturated carbocycles. The number of rotatable bonds is 7. The van der Waals surface area contributed by atoms with E-state index in [1.807, 2.05) is 37.3 Å². The minimum Gasteiger partial charge on any atom is -0.208 e. The molecule has 0 aliphatic heterocycles. The lowest BCUT2D eigenvalue weighted by atomic mass is 10.2. The topological polar surface area (TPSA) is 37.4 Å². The van der Waals surface area contributed by atoms with Crippen LogP contribution in [-0.4, -0.2) is 25.8 Å². The molecule has 0 aromatic heterocycles. The van der Waals surface area contributed by atoms with Crippen LogP contribution in [0.1, 0.15) is 32.3 Å². The highest BCUT2D eigenvalue weighted by molar-refractivity contribution is 7.92. The van der Waals surface area contributed by atoms with Gasteiger partial charge in [0.15, 0.2) is 0 Å². The molecule has 0 N–H and O–H groups in total. The number of sulfonamides is 1. The highest BCUT2D eigenvalue weighted by atomic mass is 32.2. The molecule has 0 spiro atoms. The first-order valence-electron chi connectivity index (χ1n) is 6.33. The predicted octanol–water partition coefficient (Wildman–Crippen LogP) is 3.11. The van der Waals surface area contributed by atoms with Crippen molar-refractivity contribution in [1.82, 2.24) is 4.31 Å². The molecule has 0 aliphatic rings. The molecule has 1 aromatic rings. The lowest BCUT2D eigenvalue weighted by molar-refractivity contribution is 0.425. The maximum absolute atomic E-state index is 12.1. The summed E-state index contributed by atoms with van der Waals surface area (Å²) in [6, 6.07) is 9.45. The molecule has 0 heterocycles. The van der Waals surface area contributed by atoms with Gasteiger partial charge in [-0.3, -0.25) is 0 Å². The summed E-state index contributed by atoms with van der Waals surface area (Å²) in [6.07, 6.45) is 3.53. The van der Waals surface area contributed by atoms with E-state index in [9.17, 15) is 8.42 Å². The van der Waals surface area contributed by atoms with Crippen LogP contribution in [0, 0.1) is 0 Å². The van der Waals surface area contributed by atoms with E-state index in [1.165, 1.54) is 9.71 Å². The first-order valence-corrected chi connectivity index (χ1v) is 7.83. The van der Waals surface area contributed by atoms with E-state index in [4.69, 9.17) is 0 Å². The summed E-state index contributed by atoms with van der Waals surface area (Å²) in [5.41, 5.74) is 0.896. The van der Waals surface area contributed by atoms with Gasteiger partial charge in [0, 0.05) is 18.5 Å². The lowest BCUT2D eigenvalue weighted by Crippen LogP contribution is -2.30. The Morgan fingerprint density at radius 3 is 2.39 bits per heavy atom. The molecule has 0 fully saturated rings. The van der Waals surface area contributed by atoms with E-state index in [1.54, 1.807) is 6.08 Å². The average Bonchev–Trinajstić information content (AvgIpc) is 2.38. The van der Waals surface area contributed by atoms with Crippen molar-refractivity contribution >= 4 is 16.1 Å². The molecular formula is C14H21NO2S. The van der Waals surface area contributed by atoms with Gasteiger partial charge in [-0.15, -0.1) is 0 Å². The van der Waals surface area contributed by atoms with Crippen molar-refractivity contribution in [3.8, 4) is 0 Å². The largest absolute Gasteiger partial charge is 0.236 e. The van der Waals surface area contributed by atoms with E-state index in [0.717, 1.165) is 18.4 Å². The molecular weight excluding hydrogens is 246 g/mol. The van der Waals surface area contributed by atoms with Crippen molar-refractivity contribution < 1.29 is 8.42 Å². The van der Waals surface area contributed by atoms with Crippen molar-refractivity contribution in [2.24, 2.45) is 0 Å². The van der Waals surface area contributed by atoms with Gasteiger partial charge in [-0.2, -0.15) is 4.31 Å². The van der Waals surface area contributed by atoms with Gasteiger partial charge in [-0.05, 0) is 18.1 Å². The normalized spacial score (nSPS) is 12.4. The predicted molar refractivity (Wildman–Crippen MR) is 76.6 cm³/mol. The zero-order valence-electron chi connectivity index (χ0n) is 11.0. The molecule has 0 amide bonds.